The lowest BCUT2D eigenvalue weighted by molar-refractivity contribution is -0.145. The Labute approximate surface area is 112 Å². The van der Waals surface area contributed by atoms with Gasteiger partial charge in [0.2, 0.25) is 0 Å². The monoisotopic (exact) mass is 284 g/mol. The first-order chi connectivity index (χ1) is 9.04. The van der Waals surface area contributed by atoms with E-state index < -0.39 is 24.2 Å². The van der Waals surface area contributed by atoms with Crippen LogP contribution in [0.3, 0.4) is 0 Å². The van der Waals surface area contributed by atoms with Crippen molar-refractivity contribution in [3.8, 4) is 0 Å². The molecule has 0 aliphatic carbocycles. The van der Waals surface area contributed by atoms with Crippen molar-refractivity contribution in [2.45, 2.75) is 37.3 Å². The molecule has 1 aromatic rings. The van der Waals surface area contributed by atoms with Gasteiger partial charge >= 0.3 is 5.97 Å². The number of thiazole rings is 1. The Morgan fingerprint density at radius 2 is 2.42 bits per heavy atom. The van der Waals surface area contributed by atoms with Gasteiger partial charge in [-0.15, -0.1) is 11.3 Å². The molecule has 0 aromatic carbocycles. The third-order valence-corrected chi connectivity index (χ3v) is 4.12. The minimum Gasteiger partial charge on any atom is -0.457 e. The molecule has 102 valence electrons. The second-order valence-electron chi connectivity index (χ2n) is 4.56. The summed E-state index contributed by atoms with van der Waals surface area (Å²) in [6.07, 6.45) is -1.78. The zero-order chi connectivity index (χ0) is 13.6. The van der Waals surface area contributed by atoms with Crippen molar-refractivity contribution in [2.24, 2.45) is 5.73 Å². The molecule has 0 radical (unpaired) electrons. The van der Waals surface area contributed by atoms with Crippen molar-refractivity contribution >= 4 is 23.2 Å². The van der Waals surface area contributed by atoms with Crippen LogP contribution >= 0.6 is 11.3 Å². The molecule has 3 N–H and O–H groups in total. The predicted octanol–water partition coefficient (Wildman–Crippen LogP) is -0.772. The van der Waals surface area contributed by atoms with E-state index in [2.05, 4.69) is 4.98 Å². The summed E-state index contributed by atoms with van der Waals surface area (Å²) in [5, 5.41) is 12.3. The number of ether oxygens (including phenoxy) is 2. The average molecular weight is 284 g/mol. The molecule has 2 fully saturated rings. The van der Waals surface area contributed by atoms with Gasteiger partial charge < -0.3 is 20.3 Å². The first kappa shape index (κ1) is 12.5. The van der Waals surface area contributed by atoms with Crippen LogP contribution in [-0.2, 0) is 20.7 Å². The summed E-state index contributed by atoms with van der Waals surface area (Å²) < 4.78 is 10.6. The van der Waals surface area contributed by atoms with Crippen LogP contribution in [0.15, 0.2) is 5.38 Å². The molecule has 0 bridgehead atoms. The first-order valence-electron chi connectivity index (χ1n) is 5.82. The maximum atomic E-state index is 11.1. The number of aliphatic hydroxyl groups excluding tert-OH is 1. The molecule has 19 heavy (non-hydrogen) atoms. The molecule has 0 unspecified atom stereocenters. The molecule has 7 nitrogen and oxygen atoms in total. The number of nitrogens with zero attached hydrogens (tertiary/aromatic N) is 1. The van der Waals surface area contributed by atoms with Gasteiger partial charge in [0.25, 0.3) is 5.91 Å². The van der Waals surface area contributed by atoms with Gasteiger partial charge in [-0.2, -0.15) is 0 Å². The highest BCUT2D eigenvalue weighted by Crippen LogP contribution is 2.33. The van der Waals surface area contributed by atoms with Crippen LogP contribution in [0, 0.1) is 0 Å². The third kappa shape index (κ3) is 2.22. The quantitative estimate of drug-likeness (QED) is 0.705. The topological polar surface area (TPSA) is 112 Å². The molecule has 8 heteroatoms. The molecular formula is C11H12N2O5S. The van der Waals surface area contributed by atoms with Gasteiger partial charge in [-0.1, -0.05) is 0 Å². The normalized spacial score (nSPS) is 33.2. The smallest absolute Gasteiger partial charge is 0.309 e. The van der Waals surface area contributed by atoms with Crippen molar-refractivity contribution in [2.75, 3.05) is 0 Å². The number of primary amides is 1. The average Bonchev–Trinajstić information content (AvgIpc) is 2.99. The summed E-state index contributed by atoms with van der Waals surface area (Å²) in [5.74, 6) is -0.932. The van der Waals surface area contributed by atoms with E-state index in [0.29, 0.717) is 11.4 Å². The standard InChI is InChI=1S/C11H12N2O5S/c12-11(16)4-3-19-7(13-4)1-5-9(15)10-6(17-5)2-8(14)18-10/h3,5-6,9-10,15H,1-2H2,(H2,12,16)/t5-,6-,9+,10+/m1/s1. The van der Waals surface area contributed by atoms with Crippen LogP contribution in [0.2, 0.25) is 0 Å². The van der Waals surface area contributed by atoms with Crippen LogP contribution in [0.5, 0.6) is 0 Å². The van der Waals surface area contributed by atoms with E-state index in [9.17, 15) is 14.7 Å². The fourth-order valence-electron chi connectivity index (χ4n) is 2.35. The van der Waals surface area contributed by atoms with E-state index in [1.807, 2.05) is 0 Å². The number of amides is 1. The summed E-state index contributed by atoms with van der Waals surface area (Å²) in [6, 6.07) is 0. The third-order valence-electron chi connectivity index (χ3n) is 3.25. The van der Waals surface area contributed by atoms with Gasteiger partial charge in [0.15, 0.2) is 6.10 Å². The second-order valence-corrected chi connectivity index (χ2v) is 5.50. The number of nitrogens with two attached hydrogens (primary N) is 1. The number of fused-ring (bicyclic) bond motifs is 1. The molecule has 3 heterocycles. The predicted molar refractivity (Wildman–Crippen MR) is 63.5 cm³/mol. The Hall–Kier alpha value is -1.51. The molecule has 2 aliphatic heterocycles. The molecule has 2 aliphatic rings. The Bertz CT molecular complexity index is 531. The summed E-state index contributed by atoms with van der Waals surface area (Å²) in [6.45, 7) is 0. The number of hydrogen-bond acceptors (Lipinski definition) is 7. The maximum Gasteiger partial charge on any atom is 0.309 e. The van der Waals surface area contributed by atoms with E-state index in [1.54, 1.807) is 5.38 Å². The highest BCUT2D eigenvalue weighted by molar-refractivity contribution is 7.09. The lowest BCUT2D eigenvalue weighted by Crippen LogP contribution is -2.33. The van der Waals surface area contributed by atoms with Crippen LogP contribution in [-0.4, -0.2) is 46.4 Å². The van der Waals surface area contributed by atoms with E-state index in [0.717, 1.165) is 0 Å². The Morgan fingerprint density at radius 1 is 1.63 bits per heavy atom. The zero-order valence-corrected chi connectivity index (χ0v) is 10.6. The van der Waals surface area contributed by atoms with Gasteiger partial charge in [0, 0.05) is 11.8 Å². The summed E-state index contributed by atoms with van der Waals surface area (Å²) in [7, 11) is 0. The molecule has 1 aromatic heterocycles. The summed E-state index contributed by atoms with van der Waals surface area (Å²) in [4.78, 5) is 26.1. The minimum absolute atomic E-state index is 0.169. The Balaban J connectivity index is 1.68. The van der Waals surface area contributed by atoms with Gasteiger partial charge in [-0.3, -0.25) is 9.59 Å². The minimum atomic E-state index is -0.864. The van der Waals surface area contributed by atoms with Crippen LogP contribution in [0.4, 0.5) is 0 Å². The maximum absolute atomic E-state index is 11.1. The highest BCUT2D eigenvalue weighted by atomic mass is 32.1. The van der Waals surface area contributed by atoms with Gasteiger partial charge in [-0.25, -0.2) is 4.98 Å². The van der Waals surface area contributed by atoms with Crippen LogP contribution < -0.4 is 5.73 Å². The number of carbonyl (C=O) groups is 2. The number of rotatable bonds is 3. The largest absolute Gasteiger partial charge is 0.457 e. The number of carbonyl (C=O) groups excluding carboxylic acids is 2. The van der Waals surface area contributed by atoms with E-state index in [4.69, 9.17) is 15.2 Å². The van der Waals surface area contributed by atoms with E-state index in [-0.39, 0.29) is 24.2 Å². The Kier molecular flexibility index (Phi) is 3.00. The van der Waals surface area contributed by atoms with E-state index in [1.165, 1.54) is 11.3 Å². The molecule has 0 spiro atoms. The first-order valence-corrected chi connectivity index (χ1v) is 6.70. The lowest BCUT2D eigenvalue weighted by atomic mass is 10.1. The molecular weight excluding hydrogens is 272 g/mol. The van der Waals surface area contributed by atoms with Crippen molar-refractivity contribution < 1.29 is 24.2 Å². The van der Waals surface area contributed by atoms with Gasteiger partial charge in [0.1, 0.15) is 17.9 Å². The van der Waals surface area contributed by atoms with Crippen LogP contribution in [0.1, 0.15) is 21.9 Å². The number of aliphatic hydroxyl groups is 1. The molecule has 3 rings (SSSR count). The second kappa shape index (κ2) is 4.55. The van der Waals surface area contributed by atoms with Crippen molar-refractivity contribution in [3.63, 3.8) is 0 Å². The number of aromatic nitrogens is 1. The highest BCUT2D eigenvalue weighted by Gasteiger charge is 2.51. The fraction of sp³-hybridized carbons (Fsp3) is 0.545. The SMILES string of the molecule is NC(=O)c1csc(C[C@H]2O[C@@H]3CC(=O)O[C@@H]3[C@H]2O)n1. The molecule has 0 saturated carbocycles. The van der Waals surface area contributed by atoms with Gasteiger partial charge in [-0.05, 0) is 0 Å². The lowest BCUT2D eigenvalue weighted by Gasteiger charge is -2.15. The zero-order valence-electron chi connectivity index (χ0n) is 9.81. The van der Waals surface area contributed by atoms with Gasteiger partial charge in [0.05, 0.1) is 17.5 Å². The molecule has 4 atom stereocenters. The molecule has 1 amide bonds. The summed E-state index contributed by atoms with van der Waals surface area (Å²) >= 11 is 1.28. The van der Waals surface area contributed by atoms with Crippen molar-refractivity contribution in [1.82, 2.24) is 4.98 Å². The molecule has 2 saturated heterocycles. The van der Waals surface area contributed by atoms with Crippen LogP contribution in [0.25, 0.3) is 0 Å². The number of esters is 1. The van der Waals surface area contributed by atoms with E-state index >= 15 is 0 Å². The summed E-state index contributed by atoms with van der Waals surface area (Å²) in [5.41, 5.74) is 5.33. The van der Waals surface area contributed by atoms with Crippen molar-refractivity contribution in [1.29, 1.82) is 0 Å². The number of hydrogen-bond donors (Lipinski definition) is 2. The Morgan fingerprint density at radius 3 is 3.05 bits per heavy atom. The fourth-order valence-corrected chi connectivity index (χ4v) is 3.17. The van der Waals surface area contributed by atoms with Crippen molar-refractivity contribution in [3.05, 3.63) is 16.1 Å².